The highest BCUT2D eigenvalue weighted by Crippen LogP contribution is 2.29. The normalized spacial score (nSPS) is 11.5. The van der Waals surface area contributed by atoms with E-state index < -0.39 is 11.4 Å². The smallest absolute Gasteiger partial charge is 0.317 e. The number of aromatic nitrogens is 6. The van der Waals surface area contributed by atoms with Crippen LogP contribution in [0.1, 0.15) is 32.0 Å². The lowest BCUT2D eigenvalue weighted by atomic mass is 9.89. The van der Waals surface area contributed by atoms with Gasteiger partial charge >= 0.3 is 5.97 Å². The number of nitrogens with zero attached hydrogens (tertiary/aromatic N) is 6. The van der Waals surface area contributed by atoms with Crippen LogP contribution in [0.5, 0.6) is 0 Å². The number of halogens is 1. The molecule has 0 fully saturated rings. The average Bonchev–Trinajstić information content (AvgIpc) is 3.45. The van der Waals surface area contributed by atoms with E-state index in [0.717, 1.165) is 0 Å². The molecule has 0 radical (unpaired) electrons. The first-order chi connectivity index (χ1) is 15.8. The summed E-state index contributed by atoms with van der Waals surface area (Å²) < 4.78 is 25.9. The molecule has 0 saturated heterocycles. The van der Waals surface area contributed by atoms with Crippen LogP contribution in [0.4, 0.5) is 10.2 Å². The Morgan fingerprint density at radius 3 is 2.67 bits per heavy atom. The van der Waals surface area contributed by atoms with Crippen LogP contribution in [0, 0.1) is 5.82 Å². The molecule has 170 valence electrons. The number of anilines is 1. The predicted octanol–water partition coefficient (Wildman–Crippen LogP) is 3.00. The van der Waals surface area contributed by atoms with Gasteiger partial charge in [-0.25, -0.2) is 9.37 Å². The molecular weight excluding hydrogens is 429 g/mol. The van der Waals surface area contributed by atoms with Crippen LogP contribution in [0.2, 0.25) is 0 Å². The first kappa shape index (κ1) is 22.1. The number of ether oxygens (including phenoxy) is 1. The molecule has 0 saturated carbocycles. The molecule has 0 atom stereocenters. The third-order valence-electron chi connectivity index (χ3n) is 5.08. The number of carbonyl (C=O) groups is 1. The van der Waals surface area contributed by atoms with E-state index in [1.807, 2.05) is 0 Å². The maximum atomic E-state index is 14.2. The second-order valence-electron chi connectivity index (χ2n) is 7.76. The van der Waals surface area contributed by atoms with Crippen LogP contribution in [0.25, 0.3) is 22.9 Å². The average molecular weight is 451 g/mol. The van der Waals surface area contributed by atoms with Crippen LogP contribution in [-0.2, 0) is 21.5 Å². The fraction of sp³-hybridized carbons (Fsp3) is 0.273. The summed E-state index contributed by atoms with van der Waals surface area (Å²) in [5, 5.41) is 16.8. The van der Waals surface area contributed by atoms with E-state index in [1.54, 1.807) is 55.8 Å². The summed E-state index contributed by atoms with van der Waals surface area (Å²) in [5.41, 5.74) is 7.07. The Morgan fingerprint density at radius 1 is 1.21 bits per heavy atom. The number of esters is 1. The van der Waals surface area contributed by atoms with Gasteiger partial charge in [-0.05, 0) is 32.9 Å². The monoisotopic (exact) mass is 451 g/mol. The van der Waals surface area contributed by atoms with Gasteiger partial charge in [0, 0.05) is 11.6 Å². The van der Waals surface area contributed by atoms with Crippen molar-refractivity contribution in [2.45, 2.75) is 32.7 Å². The van der Waals surface area contributed by atoms with E-state index in [9.17, 15) is 9.18 Å². The zero-order valence-electron chi connectivity index (χ0n) is 18.3. The molecule has 0 aliphatic heterocycles. The van der Waals surface area contributed by atoms with Crippen molar-refractivity contribution in [2.75, 3.05) is 12.3 Å². The summed E-state index contributed by atoms with van der Waals surface area (Å²) in [6, 6.07) is 9.77. The van der Waals surface area contributed by atoms with Gasteiger partial charge in [0.25, 0.3) is 0 Å². The Hall–Kier alpha value is -4.15. The standard InChI is InChI=1S/C22H22FN7O3/c1-4-32-21(31)22(2,3)18-19(24)25-20(27-26-18)16-11-17(15-9-10-33-29-15)30(28-16)12-13-7-5-6-8-14(13)23/h5-11H,4,12H2,1-3H3,(H2,24,25,27). The summed E-state index contributed by atoms with van der Waals surface area (Å²) >= 11 is 0. The minimum absolute atomic E-state index is 0.0321. The van der Waals surface area contributed by atoms with E-state index in [0.29, 0.717) is 22.6 Å². The maximum absolute atomic E-state index is 14.2. The van der Waals surface area contributed by atoms with E-state index in [2.05, 4.69) is 25.4 Å². The van der Waals surface area contributed by atoms with Crippen molar-refractivity contribution >= 4 is 11.8 Å². The van der Waals surface area contributed by atoms with E-state index in [4.69, 9.17) is 15.0 Å². The van der Waals surface area contributed by atoms with Gasteiger partial charge in [-0.2, -0.15) is 5.10 Å². The van der Waals surface area contributed by atoms with Crippen LogP contribution in [-0.4, -0.2) is 42.7 Å². The number of carbonyl (C=O) groups excluding carboxylic acids is 1. The molecule has 0 aliphatic carbocycles. The largest absolute Gasteiger partial charge is 0.465 e. The molecule has 0 spiro atoms. The maximum Gasteiger partial charge on any atom is 0.317 e. The minimum atomic E-state index is -1.13. The number of nitrogens with two attached hydrogens (primary N) is 1. The molecule has 0 amide bonds. The molecule has 4 aromatic rings. The van der Waals surface area contributed by atoms with Crippen molar-refractivity contribution in [3.8, 4) is 22.9 Å². The summed E-state index contributed by atoms with van der Waals surface area (Å²) in [4.78, 5) is 16.6. The fourth-order valence-electron chi connectivity index (χ4n) is 3.29. The van der Waals surface area contributed by atoms with Crippen molar-refractivity contribution in [2.24, 2.45) is 0 Å². The van der Waals surface area contributed by atoms with E-state index >= 15 is 0 Å². The van der Waals surface area contributed by atoms with Crippen LogP contribution in [0.3, 0.4) is 0 Å². The van der Waals surface area contributed by atoms with Crippen molar-refractivity contribution < 1.29 is 18.4 Å². The highest BCUT2D eigenvalue weighted by Gasteiger charge is 2.36. The van der Waals surface area contributed by atoms with Gasteiger partial charge in [-0.1, -0.05) is 23.4 Å². The Morgan fingerprint density at radius 2 is 2.00 bits per heavy atom. The summed E-state index contributed by atoms with van der Waals surface area (Å²) in [6.45, 7) is 5.36. The zero-order chi connectivity index (χ0) is 23.6. The molecule has 10 nitrogen and oxygen atoms in total. The van der Waals surface area contributed by atoms with Gasteiger partial charge in [-0.3, -0.25) is 9.48 Å². The summed E-state index contributed by atoms with van der Waals surface area (Å²) in [7, 11) is 0. The second kappa shape index (κ2) is 8.77. The Balaban J connectivity index is 1.73. The van der Waals surface area contributed by atoms with Gasteiger partial charge in [0.1, 0.15) is 34.6 Å². The first-order valence-electron chi connectivity index (χ1n) is 10.2. The van der Waals surface area contributed by atoms with Crippen molar-refractivity contribution in [1.29, 1.82) is 0 Å². The highest BCUT2D eigenvalue weighted by molar-refractivity contribution is 5.83. The van der Waals surface area contributed by atoms with Crippen LogP contribution < -0.4 is 5.73 Å². The quantitative estimate of drug-likeness (QED) is 0.421. The zero-order valence-corrected chi connectivity index (χ0v) is 18.3. The molecule has 2 N–H and O–H groups in total. The minimum Gasteiger partial charge on any atom is -0.465 e. The van der Waals surface area contributed by atoms with Gasteiger partial charge in [0.15, 0.2) is 5.82 Å². The lowest BCUT2D eigenvalue weighted by molar-refractivity contribution is -0.149. The Labute approximate surface area is 188 Å². The van der Waals surface area contributed by atoms with Crippen molar-refractivity contribution in [3.63, 3.8) is 0 Å². The molecule has 1 aromatic carbocycles. The van der Waals surface area contributed by atoms with E-state index in [-0.39, 0.29) is 36.3 Å². The third-order valence-corrected chi connectivity index (χ3v) is 5.08. The number of benzene rings is 1. The molecule has 0 aliphatic rings. The van der Waals surface area contributed by atoms with Crippen molar-refractivity contribution in [3.05, 3.63) is 59.7 Å². The van der Waals surface area contributed by atoms with Gasteiger partial charge in [0.2, 0.25) is 5.82 Å². The molecule has 4 rings (SSSR count). The lowest BCUT2D eigenvalue weighted by Gasteiger charge is -2.21. The molecule has 3 aromatic heterocycles. The van der Waals surface area contributed by atoms with Crippen LogP contribution in [0.15, 0.2) is 47.2 Å². The number of nitrogen functional groups attached to an aromatic ring is 1. The molecule has 11 heteroatoms. The third kappa shape index (κ3) is 4.29. The Kier molecular flexibility index (Phi) is 5.86. The lowest BCUT2D eigenvalue weighted by Crippen LogP contribution is -2.33. The van der Waals surface area contributed by atoms with Gasteiger partial charge in [0.05, 0.1) is 18.8 Å². The topological polar surface area (TPSA) is 135 Å². The van der Waals surface area contributed by atoms with Gasteiger partial charge < -0.3 is 15.0 Å². The number of hydrogen-bond donors (Lipinski definition) is 1. The summed E-state index contributed by atoms with van der Waals surface area (Å²) in [6.07, 6.45) is 1.43. The van der Waals surface area contributed by atoms with E-state index in [1.165, 1.54) is 12.3 Å². The van der Waals surface area contributed by atoms with Crippen molar-refractivity contribution in [1.82, 2.24) is 30.1 Å². The number of rotatable bonds is 7. The fourth-order valence-corrected chi connectivity index (χ4v) is 3.29. The van der Waals surface area contributed by atoms with Gasteiger partial charge in [-0.15, -0.1) is 10.2 Å². The predicted molar refractivity (Wildman–Crippen MR) is 116 cm³/mol. The second-order valence-corrected chi connectivity index (χ2v) is 7.76. The Bertz CT molecular complexity index is 1290. The highest BCUT2D eigenvalue weighted by atomic mass is 19.1. The summed E-state index contributed by atoms with van der Waals surface area (Å²) in [5.74, 6) is -0.658. The molecule has 0 unspecified atom stereocenters. The van der Waals surface area contributed by atoms with Crippen LogP contribution >= 0.6 is 0 Å². The molecule has 33 heavy (non-hydrogen) atoms. The SMILES string of the molecule is CCOC(=O)C(C)(C)c1nnc(-c2cc(-c3ccon3)n(Cc3ccccc3F)n2)nc1N. The molecular formula is C22H22FN7O3. The first-order valence-corrected chi connectivity index (χ1v) is 10.2. The number of hydrogen-bond acceptors (Lipinski definition) is 9. The molecule has 0 bridgehead atoms. The molecule has 3 heterocycles.